The molecule has 0 aromatic heterocycles. The van der Waals surface area contributed by atoms with Gasteiger partial charge in [-0.2, -0.15) is 0 Å². The molecule has 0 heterocycles. The van der Waals surface area contributed by atoms with Gasteiger partial charge in [-0.1, -0.05) is 6.08 Å². The van der Waals surface area contributed by atoms with Crippen molar-refractivity contribution in [2.45, 2.75) is 25.7 Å². The smallest absolute Gasteiger partial charge is 0.184 e. The molecule has 0 aliphatic heterocycles. The number of ether oxygens (including phenoxy) is 1. The Morgan fingerprint density at radius 2 is 2.60 bits per heavy atom. The molecule has 3 heteroatoms. The topological polar surface area (TPSA) is 46.5 Å². The lowest BCUT2D eigenvalue weighted by molar-refractivity contribution is -0.147. The van der Waals surface area contributed by atoms with Crippen molar-refractivity contribution in [1.82, 2.24) is 0 Å². The molecule has 0 saturated heterocycles. The highest BCUT2D eigenvalue weighted by molar-refractivity contribution is 5.95. The van der Waals surface area contributed by atoms with Crippen molar-refractivity contribution in [3.8, 4) is 0 Å². The van der Waals surface area contributed by atoms with E-state index in [9.17, 15) is 4.79 Å². The highest BCUT2D eigenvalue weighted by atomic mass is 16.6. The first-order valence-corrected chi connectivity index (χ1v) is 3.24. The summed E-state index contributed by atoms with van der Waals surface area (Å²) in [4.78, 5) is 10.8. The lowest BCUT2D eigenvalue weighted by Gasteiger charge is -2.11. The van der Waals surface area contributed by atoms with Gasteiger partial charge < -0.3 is 9.84 Å². The molecule has 1 rings (SSSR count). The van der Waals surface area contributed by atoms with E-state index in [4.69, 9.17) is 9.84 Å². The van der Waals surface area contributed by atoms with E-state index in [0.717, 1.165) is 0 Å². The number of hydrogen-bond acceptors (Lipinski definition) is 3. The minimum absolute atomic E-state index is 0.0547. The van der Waals surface area contributed by atoms with Gasteiger partial charge in [0, 0.05) is 0 Å². The van der Waals surface area contributed by atoms with Crippen LogP contribution in [-0.4, -0.2) is 23.3 Å². The molecule has 1 aliphatic carbocycles. The average Bonchev–Trinajstić information content (AvgIpc) is 2.15. The fourth-order valence-corrected chi connectivity index (χ4v) is 0.892. The molecule has 0 radical (unpaired) electrons. The van der Waals surface area contributed by atoms with E-state index in [0.29, 0.717) is 6.42 Å². The molecule has 10 heavy (non-hydrogen) atoms. The summed E-state index contributed by atoms with van der Waals surface area (Å²) in [7, 11) is 0. The van der Waals surface area contributed by atoms with Crippen LogP contribution < -0.4 is 0 Å². The Morgan fingerprint density at radius 1 is 1.90 bits per heavy atom. The molecule has 0 saturated carbocycles. The molecule has 3 nitrogen and oxygen atoms in total. The van der Waals surface area contributed by atoms with E-state index in [-0.39, 0.29) is 5.78 Å². The van der Waals surface area contributed by atoms with Crippen LogP contribution in [0.4, 0.5) is 0 Å². The molecule has 0 fully saturated rings. The number of aliphatic hydroxyl groups is 1. The predicted octanol–water partition coefficient (Wildman–Crippen LogP) is 0.239. The molecule has 2 atom stereocenters. The normalized spacial score (nSPS) is 27.4. The van der Waals surface area contributed by atoms with Crippen LogP contribution in [0.15, 0.2) is 12.2 Å². The van der Waals surface area contributed by atoms with Gasteiger partial charge in [0.1, 0.15) is 6.10 Å². The van der Waals surface area contributed by atoms with Crippen LogP contribution in [0.5, 0.6) is 0 Å². The quantitative estimate of drug-likeness (QED) is 0.562. The van der Waals surface area contributed by atoms with Crippen LogP contribution in [0, 0.1) is 0 Å². The van der Waals surface area contributed by atoms with Crippen LogP contribution in [0.3, 0.4) is 0 Å². The SMILES string of the molecule is CC(O)OC1CC=CC1=O. The molecule has 0 amide bonds. The van der Waals surface area contributed by atoms with Crippen LogP contribution in [0.25, 0.3) is 0 Å². The zero-order valence-electron chi connectivity index (χ0n) is 5.78. The maximum atomic E-state index is 10.8. The predicted molar refractivity (Wildman–Crippen MR) is 35.3 cm³/mol. The van der Waals surface area contributed by atoms with E-state index in [1.54, 1.807) is 6.08 Å². The third kappa shape index (κ3) is 1.65. The van der Waals surface area contributed by atoms with Crippen molar-refractivity contribution >= 4 is 5.78 Å². The van der Waals surface area contributed by atoms with Gasteiger partial charge in [-0.15, -0.1) is 0 Å². The van der Waals surface area contributed by atoms with Crippen LogP contribution in [0.2, 0.25) is 0 Å². The van der Waals surface area contributed by atoms with E-state index in [1.807, 2.05) is 0 Å². The minimum atomic E-state index is -0.853. The monoisotopic (exact) mass is 142 g/mol. The second-order valence-corrected chi connectivity index (χ2v) is 2.26. The van der Waals surface area contributed by atoms with Crippen molar-refractivity contribution < 1.29 is 14.6 Å². The minimum Gasteiger partial charge on any atom is -0.368 e. The van der Waals surface area contributed by atoms with Gasteiger partial charge in [-0.25, -0.2) is 0 Å². The van der Waals surface area contributed by atoms with Gasteiger partial charge in [-0.3, -0.25) is 4.79 Å². The first-order valence-electron chi connectivity index (χ1n) is 3.24. The van der Waals surface area contributed by atoms with Crippen molar-refractivity contribution in [1.29, 1.82) is 0 Å². The summed E-state index contributed by atoms with van der Waals surface area (Å²) in [6.07, 6.45) is 2.51. The lowest BCUT2D eigenvalue weighted by Crippen LogP contribution is -2.23. The van der Waals surface area contributed by atoms with E-state index < -0.39 is 12.4 Å². The Balaban J connectivity index is 2.37. The standard InChI is InChI=1S/C7H10O3/c1-5(8)10-7-4-2-3-6(7)9/h2-3,5,7-8H,4H2,1H3. The summed E-state index contributed by atoms with van der Waals surface area (Å²) in [5, 5.41) is 8.73. The van der Waals surface area contributed by atoms with Crippen molar-refractivity contribution in [2.24, 2.45) is 0 Å². The summed E-state index contributed by atoms with van der Waals surface area (Å²) < 4.78 is 4.87. The van der Waals surface area contributed by atoms with Crippen LogP contribution in [-0.2, 0) is 9.53 Å². The van der Waals surface area contributed by atoms with Crippen molar-refractivity contribution in [3.63, 3.8) is 0 Å². The molecular formula is C7H10O3. The van der Waals surface area contributed by atoms with E-state index >= 15 is 0 Å². The molecule has 0 bridgehead atoms. The Morgan fingerprint density at radius 3 is 3.00 bits per heavy atom. The molecule has 56 valence electrons. The van der Waals surface area contributed by atoms with Gasteiger partial charge in [0.25, 0.3) is 0 Å². The second-order valence-electron chi connectivity index (χ2n) is 2.26. The Bertz CT molecular complexity index is 160. The maximum absolute atomic E-state index is 10.8. The molecule has 1 N–H and O–H groups in total. The highest BCUT2D eigenvalue weighted by Gasteiger charge is 2.21. The Labute approximate surface area is 59.3 Å². The zero-order valence-corrected chi connectivity index (χ0v) is 5.78. The van der Waals surface area contributed by atoms with E-state index in [2.05, 4.69) is 0 Å². The van der Waals surface area contributed by atoms with Gasteiger partial charge in [0.15, 0.2) is 12.1 Å². The van der Waals surface area contributed by atoms with Gasteiger partial charge in [0.05, 0.1) is 0 Å². The van der Waals surface area contributed by atoms with E-state index in [1.165, 1.54) is 13.0 Å². The maximum Gasteiger partial charge on any atom is 0.184 e. The Hall–Kier alpha value is -0.670. The average molecular weight is 142 g/mol. The molecule has 2 unspecified atom stereocenters. The summed E-state index contributed by atoms with van der Waals surface area (Å²) in [6.45, 7) is 1.49. The summed E-state index contributed by atoms with van der Waals surface area (Å²) in [6, 6.07) is 0. The molecule has 0 aromatic rings. The second kappa shape index (κ2) is 2.94. The van der Waals surface area contributed by atoms with Crippen molar-refractivity contribution in [2.75, 3.05) is 0 Å². The largest absolute Gasteiger partial charge is 0.368 e. The molecule has 0 aromatic carbocycles. The zero-order chi connectivity index (χ0) is 7.56. The summed E-state index contributed by atoms with van der Waals surface area (Å²) >= 11 is 0. The third-order valence-corrected chi connectivity index (χ3v) is 1.31. The number of ketones is 1. The van der Waals surface area contributed by atoms with Crippen molar-refractivity contribution in [3.05, 3.63) is 12.2 Å². The first kappa shape index (κ1) is 7.44. The first-order chi connectivity index (χ1) is 4.70. The highest BCUT2D eigenvalue weighted by Crippen LogP contribution is 2.10. The fraction of sp³-hybridized carbons (Fsp3) is 0.571. The number of aliphatic hydroxyl groups excluding tert-OH is 1. The fourth-order valence-electron chi connectivity index (χ4n) is 0.892. The van der Waals surface area contributed by atoms with Crippen LogP contribution >= 0.6 is 0 Å². The third-order valence-electron chi connectivity index (χ3n) is 1.31. The number of carbonyl (C=O) groups excluding carboxylic acids is 1. The number of hydrogen-bond donors (Lipinski definition) is 1. The van der Waals surface area contributed by atoms with Gasteiger partial charge >= 0.3 is 0 Å². The summed E-state index contributed by atoms with van der Waals surface area (Å²) in [5.41, 5.74) is 0. The number of rotatable bonds is 2. The molecule has 1 aliphatic rings. The molecular weight excluding hydrogens is 132 g/mol. The summed E-state index contributed by atoms with van der Waals surface area (Å²) in [5.74, 6) is -0.0547. The lowest BCUT2D eigenvalue weighted by atomic mass is 10.3. The van der Waals surface area contributed by atoms with Gasteiger partial charge in [-0.05, 0) is 19.4 Å². The Kier molecular flexibility index (Phi) is 2.19. The number of carbonyl (C=O) groups is 1. The van der Waals surface area contributed by atoms with Gasteiger partial charge in [0.2, 0.25) is 0 Å². The van der Waals surface area contributed by atoms with Crippen LogP contribution in [0.1, 0.15) is 13.3 Å². The molecule has 0 spiro atoms.